The van der Waals surface area contributed by atoms with Gasteiger partial charge in [0.25, 0.3) is 0 Å². The van der Waals surface area contributed by atoms with Gasteiger partial charge in [0.2, 0.25) is 0 Å². The fourth-order valence-corrected chi connectivity index (χ4v) is 2.20. The molecular formula is C11H15NO2S. The van der Waals surface area contributed by atoms with Crippen LogP contribution in [0.15, 0.2) is 24.3 Å². The van der Waals surface area contributed by atoms with Gasteiger partial charge in [0.1, 0.15) is 12.7 Å². The van der Waals surface area contributed by atoms with Crippen molar-refractivity contribution < 1.29 is 9.47 Å². The average Bonchev–Trinajstić information content (AvgIpc) is 2.29. The highest BCUT2D eigenvalue weighted by Crippen LogP contribution is 2.31. The molecule has 82 valence electrons. The molecule has 0 saturated carbocycles. The first-order chi connectivity index (χ1) is 7.40. The average molecular weight is 225 g/mol. The topological polar surface area (TPSA) is 44.5 Å². The lowest BCUT2D eigenvalue weighted by Gasteiger charge is -2.26. The summed E-state index contributed by atoms with van der Waals surface area (Å²) in [6.45, 7) is 1.35. The Morgan fingerprint density at radius 3 is 2.93 bits per heavy atom. The van der Waals surface area contributed by atoms with E-state index in [0.29, 0.717) is 6.61 Å². The van der Waals surface area contributed by atoms with Crippen molar-refractivity contribution in [3.8, 4) is 11.5 Å². The number of benzene rings is 1. The zero-order chi connectivity index (χ0) is 10.5. The molecule has 0 amide bonds. The van der Waals surface area contributed by atoms with Crippen LogP contribution in [-0.4, -0.2) is 30.8 Å². The van der Waals surface area contributed by atoms with E-state index in [0.717, 1.165) is 29.5 Å². The third kappa shape index (κ3) is 2.79. The third-order valence-corrected chi connectivity index (χ3v) is 3.27. The van der Waals surface area contributed by atoms with Gasteiger partial charge in [-0.2, -0.15) is 11.8 Å². The van der Waals surface area contributed by atoms with Gasteiger partial charge in [-0.3, -0.25) is 0 Å². The Bertz CT molecular complexity index is 319. The first kappa shape index (κ1) is 10.6. The highest BCUT2D eigenvalue weighted by Gasteiger charge is 2.19. The third-order valence-electron chi connectivity index (χ3n) is 2.13. The summed E-state index contributed by atoms with van der Waals surface area (Å²) >= 11 is 1.80. The molecule has 2 rings (SSSR count). The van der Waals surface area contributed by atoms with Crippen LogP contribution in [-0.2, 0) is 0 Å². The number of para-hydroxylation sites is 2. The standard InChI is InChI=1S/C11H15NO2S/c12-5-6-15-8-9-7-13-10-3-1-2-4-11(10)14-9/h1-4,9H,5-8,12H2. The van der Waals surface area contributed by atoms with Crippen molar-refractivity contribution in [2.75, 3.05) is 24.7 Å². The van der Waals surface area contributed by atoms with Gasteiger partial charge in [0.15, 0.2) is 11.5 Å². The molecule has 1 aliphatic heterocycles. The summed E-state index contributed by atoms with van der Waals surface area (Å²) in [4.78, 5) is 0. The highest BCUT2D eigenvalue weighted by molar-refractivity contribution is 7.99. The summed E-state index contributed by atoms with van der Waals surface area (Å²) in [7, 11) is 0. The van der Waals surface area contributed by atoms with Crippen molar-refractivity contribution in [3.05, 3.63) is 24.3 Å². The molecule has 1 heterocycles. The van der Waals surface area contributed by atoms with Gasteiger partial charge in [0.05, 0.1) is 0 Å². The Morgan fingerprint density at radius 1 is 1.33 bits per heavy atom. The van der Waals surface area contributed by atoms with Crippen LogP contribution in [0.5, 0.6) is 11.5 Å². The Morgan fingerprint density at radius 2 is 2.13 bits per heavy atom. The SMILES string of the molecule is NCCSCC1COc2ccccc2O1. The van der Waals surface area contributed by atoms with Gasteiger partial charge in [-0.05, 0) is 12.1 Å². The van der Waals surface area contributed by atoms with Crippen molar-refractivity contribution in [1.82, 2.24) is 0 Å². The van der Waals surface area contributed by atoms with Crippen molar-refractivity contribution in [2.45, 2.75) is 6.10 Å². The molecule has 0 aromatic heterocycles. The molecule has 0 bridgehead atoms. The van der Waals surface area contributed by atoms with Crippen molar-refractivity contribution in [2.24, 2.45) is 5.73 Å². The molecule has 0 aliphatic carbocycles. The number of nitrogens with two attached hydrogens (primary N) is 1. The summed E-state index contributed by atoms with van der Waals surface area (Å²) < 4.78 is 11.4. The van der Waals surface area contributed by atoms with Gasteiger partial charge >= 0.3 is 0 Å². The minimum absolute atomic E-state index is 0.149. The predicted molar refractivity (Wildman–Crippen MR) is 62.7 cm³/mol. The molecule has 0 spiro atoms. The largest absolute Gasteiger partial charge is 0.486 e. The first-order valence-corrected chi connectivity index (χ1v) is 6.22. The van der Waals surface area contributed by atoms with E-state index in [1.165, 1.54) is 0 Å². The summed E-state index contributed by atoms with van der Waals surface area (Å²) in [6.07, 6.45) is 0.149. The molecule has 4 heteroatoms. The molecule has 1 aliphatic rings. The number of rotatable bonds is 4. The number of thioether (sulfide) groups is 1. The fraction of sp³-hybridized carbons (Fsp3) is 0.455. The second kappa shape index (κ2) is 5.28. The van der Waals surface area contributed by atoms with Crippen LogP contribution in [0.25, 0.3) is 0 Å². The summed E-state index contributed by atoms with van der Waals surface area (Å²) in [6, 6.07) is 7.77. The molecule has 2 N–H and O–H groups in total. The lowest BCUT2D eigenvalue weighted by Crippen LogP contribution is -2.31. The monoisotopic (exact) mass is 225 g/mol. The molecule has 1 atom stereocenters. The Labute approximate surface area is 93.9 Å². The van der Waals surface area contributed by atoms with Crippen molar-refractivity contribution >= 4 is 11.8 Å². The lowest BCUT2D eigenvalue weighted by molar-refractivity contribution is 0.107. The first-order valence-electron chi connectivity index (χ1n) is 5.06. The number of fused-ring (bicyclic) bond motifs is 1. The van der Waals surface area contributed by atoms with Crippen LogP contribution >= 0.6 is 11.8 Å². The minimum atomic E-state index is 0.149. The minimum Gasteiger partial charge on any atom is -0.486 e. The van der Waals surface area contributed by atoms with Crippen LogP contribution in [0.2, 0.25) is 0 Å². The van der Waals surface area contributed by atoms with Gasteiger partial charge in [-0.1, -0.05) is 12.1 Å². The Kier molecular flexibility index (Phi) is 3.75. The maximum absolute atomic E-state index is 5.79. The zero-order valence-electron chi connectivity index (χ0n) is 8.52. The Balaban J connectivity index is 1.88. The smallest absolute Gasteiger partial charge is 0.161 e. The molecule has 1 aromatic rings. The number of hydrogen-bond acceptors (Lipinski definition) is 4. The molecular weight excluding hydrogens is 210 g/mol. The summed E-state index contributed by atoms with van der Waals surface area (Å²) in [5.41, 5.74) is 5.43. The van der Waals surface area contributed by atoms with E-state index < -0.39 is 0 Å². The fourth-order valence-electron chi connectivity index (χ4n) is 1.44. The van der Waals surface area contributed by atoms with E-state index in [-0.39, 0.29) is 6.10 Å². The molecule has 1 unspecified atom stereocenters. The van der Waals surface area contributed by atoms with Crippen LogP contribution in [0.3, 0.4) is 0 Å². The van der Waals surface area contributed by atoms with Gasteiger partial charge in [0, 0.05) is 18.1 Å². The molecule has 0 fully saturated rings. The van der Waals surface area contributed by atoms with Crippen LogP contribution < -0.4 is 15.2 Å². The maximum Gasteiger partial charge on any atom is 0.161 e. The van der Waals surface area contributed by atoms with E-state index in [4.69, 9.17) is 15.2 Å². The second-order valence-electron chi connectivity index (χ2n) is 3.36. The number of hydrogen-bond donors (Lipinski definition) is 1. The second-order valence-corrected chi connectivity index (χ2v) is 4.51. The van der Waals surface area contributed by atoms with Crippen molar-refractivity contribution in [3.63, 3.8) is 0 Å². The predicted octanol–water partition coefficient (Wildman–Crippen LogP) is 1.52. The van der Waals surface area contributed by atoms with Crippen LogP contribution in [0.4, 0.5) is 0 Å². The van der Waals surface area contributed by atoms with Crippen LogP contribution in [0, 0.1) is 0 Å². The van der Waals surface area contributed by atoms with E-state index in [1.54, 1.807) is 11.8 Å². The van der Waals surface area contributed by atoms with Gasteiger partial charge in [-0.15, -0.1) is 0 Å². The molecule has 15 heavy (non-hydrogen) atoms. The normalized spacial score (nSPS) is 18.9. The van der Waals surface area contributed by atoms with E-state index in [2.05, 4.69) is 0 Å². The zero-order valence-corrected chi connectivity index (χ0v) is 9.33. The van der Waals surface area contributed by atoms with E-state index in [1.807, 2.05) is 24.3 Å². The van der Waals surface area contributed by atoms with Crippen LogP contribution in [0.1, 0.15) is 0 Å². The maximum atomic E-state index is 5.79. The van der Waals surface area contributed by atoms with Crippen molar-refractivity contribution in [1.29, 1.82) is 0 Å². The highest BCUT2D eigenvalue weighted by atomic mass is 32.2. The molecule has 0 saturated heterocycles. The van der Waals surface area contributed by atoms with Gasteiger partial charge < -0.3 is 15.2 Å². The molecule has 1 aromatic carbocycles. The van der Waals surface area contributed by atoms with Gasteiger partial charge in [-0.25, -0.2) is 0 Å². The molecule has 3 nitrogen and oxygen atoms in total. The summed E-state index contributed by atoms with van der Waals surface area (Å²) in [5, 5.41) is 0. The Hall–Kier alpha value is -0.870. The summed E-state index contributed by atoms with van der Waals surface area (Å²) in [5.74, 6) is 3.60. The number of ether oxygens (including phenoxy) is 2. The lowest BCUT2D eigenvalue weighted by atomic mass is 10.3. The quantitative estimate of drug-likeness (QED) is 0.789. The molecule has 0 radical (unpaired) electrons. The van der Waals surface area contributed by atoms with E-state index in [9.17, 15) is 0 Å². The van der Waals surface area contributed by atoms with E-state index >= 15 is 0 Å².